The summed E-state index contributed by atoms with van der Waals surface area (Å²) < 4.78 is 1.90. The molecule has 5 heteroatoms. The molecule has 2 heterocycles. The van der Waals surface area contributed by atoms with Gasteiger partial charge in [-0.1, -0.05) is 6.92 Å². The van der Waals surface area contributed by atoms with E-state index in [9.17, 15) is 0 Å². The van der Waals surface area contributed by atoms with Gasteiger partial charge in [0.05, 0.1) is 11.9 Å². The third-order valence-corrected chi connectivity index (χ3v) is 2.86. The molecule has 1 N–H and O–H groups in total. The summed E-state index contributed by atoms with van der Waals surface area (Å²) in [6, 6.07) is 0. The molecule has 96 valence electrons. The fourth-order valence-electron chi connectivity index (χ4n) is 1.82. The van der Waals surface area contributed by atoms with Crippen molar-refractivity contribution >= 4 is 5.82 Å². The number of aryl methyl sites for hydroxylation is 1. The number of nitrogens with one attached hydrogen (secondary N) is 1. The van der Waals surface area contributed by atoms with Crippen LogP contribution in [0.2, 0.25) is 0 Å². The van der Waals surface area contributed by atoms with Crippen molar-refractivity contribution in [3.05, 3.63) is 24.3 Å². The van der Waals surface area contributed by atoms with Gasteiger partial charge in [-0.2, -0.15) is 5.10 Å². The standard InChI is InChI=1S/C13H19N5/c1-4-6-14-13-10(3)12(15-9-16-13)11-7-17-18(5-2)8-11/h7-9H,4-6H2,1-3H3,(H,14,15,16). The van der Waals surface area contributed by atoms with Crippen molar-refractivity contribution in [1.29, 1.82) is 0 Å². The smallest absolute Gasteiger partial charge is 0.132 e. The van der Waals surface area contributed by atoms with E-state index >= 15 is 0 Å². The van der Waals surface area contributed by atoms with E-state index in [-0.39, 0.29) is 0 Å². The summed E-state index contributed by atoms with van der Waals surface area (Å²) in [6.45, 7) is 8.03. The molecule has 0 amide bonds. The third kappa shape index (κ3) is 2.50. The van der Waals surface area contributed by atoms with Gasteiger partial charge in [0.15, 0.2) is 0 Å². The Balaban J connectivity index is 2.32. The molecule has 5 nitrogen and oxygen atoms in total. The van der Waals surface area contributed by atoms with Gasteiger partial charge < -0.3 is 5.32 Å². The predicted octanol–water partition coefficient (Wildman–Crippen LogP) is 2.49. The summed E-state index contributed by atoms with van der Waals surface area (Å²) in [5.41, 5.74) is 3.06. The molecule has 2 aromatic heterocycles. The zero-order chi connectivity index (χ0) is 13.0. The molecule has 0 saturated heterocycles. The van der Waals surface area contributed by atoms with E-state index in [1.807, 2.05) is 24.0 Å². The second-order valence-electron chi connectivity index (χ2n) is 4.21. The second kappa shape index (κ2) is 5.62. The van der Waals surface area contributed by atoms with E-state index < -0.39 is 0 Å². The molecular weight excluding hydrogens is 226 g/mol. The van der Waals surface area contributed by atoms with Crippen molar-refractivity contribution in [2.75, 3.05) is 11.9 Å². The number of hydrogen-bond acceptors (Lipinski definition) is 4. The van der Waals surface area contributed by atoms with Gasteiger partial charge in [0.1, 0.15) is 12.1 Å². The molecule has 0 bridgehead atoms. The third-order valence-electron chi connectivity index (χ3n) is 2.86. The van der Waals surface area contributed by atoms with Crippen LogP contribution in [0.4, 0.5) is 5.82 Å². The topological polar surface area (TPSA) is 55.6 Å². The molecule has 0 aliphatic heterocycles. The van der Waals surface area contributed by atoms with Gasteiger partial charge in [0.25, 0.3) is 0 Å². The van der Waals surface area contributed by atoms with Gasteiger partial charge in [0, 0.05) is 30.4 Å². The van der Waals surface area contributed by atoms with Crippen molar-refractivity contribution in [2.45, 2.75) is 33.7 Å². The number of rotatable bonds is 5. The van der Waals surface area contributed by atoms with Crippen molar-refractivity contribution in [3.63, 3.8) is 0 Å². The minimum absolute atomic E-state index is 0.866. The molecule has 0 aliphatic rings. The maximum Gasteiger partial charge on any atom is 0.132 e. The first-order valence-electron chi connectivity index (χ1n) is 6.34. The van der Waals surface area contributed by atoms with E-state index in [4.69, 9.17) is 0 Å². The largest absolute Gasteiger partial charge is 0.370 e. The lowest BCUT2D eigenvalue weighted by atomic mass is 10.1. The van der Waals surface area contributed by atoms with Crippen LogP contribution in [0.3, 0.4) is 0 Å². The molecular formula is C13H19N5. The zero-order valence-corrected chi connectivity index (χ0v) is 11.1. The second-order valence-corrected chi connectivity index (χ2v) is 4.21. The molecule has 2 aromatic rings. The highest BCUT2D eigenvalue weighted by Crippen LogP contribution is 2.24. The van der Waals surface area contributed by atoms with Gasteiger partial charge >= 0.3 is 0 Å². The normalized spacial score (nSPS) is 10.6. The maximum atomic E-state index is 4.36. The number of aromatic nitrogens is 4. The predicted molar refractivity (Wildman–Crippen MR) is 72.4 cm³/mol. The monoisotopic (exact) mass is 245 g/mol. The summed E-state index contributed by atoms with van der Waals surface area (Å²) in [4.78, 5) is 8.64. The van der Waals surface area contributed by atoms with Crippen molar-refractivity contribution < 1.29 is 0 Å². The van der Waals surface area contributed by atoms with Crippen LogP contribution in [0.15, 0.2) is 18.7 Å². The van der Waals surface area contributed by atoms with E-state index in [2.05, 4.69) is 34.2 Å². The Hall–Kier alpha value is -1.91. The minimum atomic E-state index is 0.866. The molecule has 0 unspecified atom stereocenters. The Kier molecular flexibility index (Phi) is 3.92. The Bertz CT molecular complexity index is 518. The van der Waals surface area contributed by atoms with Crippen LogP contribution >= 0.6 is 0 Å². The first-order chi connectivity index (χ1) is 8.76. The highest BCUT2D eigenvalue weighted by molar-refractivity contribution is 5.66. The molecule has 0 atom stereocenters. The van der Waals surface area contributed by atoms with Crippen LogP contribution in [-0.2, 0) is 6.54 Å². The lowest BCUT2D eigenvalue weighted by Gasteiger charge is -2.09. The van der Waals surface area contributed by atoms with Gasteiger partial charge in [-0.3, -0.25) is 4.68 Å². The molecule has 0 saturated carbocycles. The lowest BCUT2D eigenvalue weighted by Crippen LogP contribution is -2.05. The Morgan fingerprint density at radius 3 is 2.78 bits per heavy atom. The first-order valence-corrected chi connectivity index (χ1v) is 6.34. The number of anilines is 1. The van der Waals surface area contributed by atoms with Crippen LogP contribution in [0.25, 0.3) is 11.3 Å². The maximum absolute atomic E-state index is 4.36. The van der Waals surface area contributed by atoms with Gasteiger partial charge in [-0.05, 0) is 20.3 Å². The summed E-state index contributed by atoms with van der Waals surface area (Å²) in [7, 11) is 0. The highest BCUT2D eigenvalue weighted by atomic mass is 15.3. The van der Waals surface area contributed by atoms with Crippen LogP contribution in [0.1, 0.15) is 25.8 Å². The molecule has 0 spiro atoms. The quantitative estimate of drug-likeness (QED) is 0.879. The Morgan fingerprint density at radius 2 is 2.11 bits per heavy atom. The van der Waals surface area contributed by atoms with Crippen molar-refractivity contribution in [2.24, 2.45) is 0 Å². The number of nitrogens with zero attached hydrogens (tertiary/aromatic N) is 4. The fraction of sp³-hybridized carbons (Fsp3) is 0.462. The van der Waals surface area contributed by atoms with Crippen LogP contribution in [-0.4, -0.2) is 26.3 Å². The van der Waals surface area contributed by atoms with E-state index in [1.165, 1.54) is 0 Å². The van der Waals surface area contributed by atoms with E-state index in [0.717, 1.165) is 42.1 Å². The highest BCUT2D eigenvalue weighted by Gasteiger charge is 2.10. The van der Waals surface area contributed by atoms with Gasteiger partial charge in [0.2, 0.25) is 0 Å². The van der Waals surface area contributed by atoms with Crippen LogP contribution in [0.5, 0.6) is 0 Å². The molecule has 2 rings (SSSR count). The zero-order valence-electron chi connectivity index (χ0n) is 11.1. The average molecular weight is 245 g/mol. The Morgan fingerprint density at radius 1 is 1.28 bits per heavy atom. The van der Waals surface area contributed by atoms with Crippen molar-refractivity contribution in [3.8, 4) is 11.3 Å². The Labute approximate surface area is 107 Å². The minimum Gasteiger partial charge on any atom is -0.370 e. The van der Waals surface area contributed by atoms with E-state index in [1.54, 1.807) is 6.33 Å². The molecule has 0 aliphatic carbocycles. The van der Waals surface area contributed by atoms with Gasteiger partial charge in [-0.25, -0.2) is 9.97 Å². The summed E-state index contributed by atoms with van der Waals surface area (Å²) in [5, 5.41) is 7.60. The number of hydrogen-bond donors (Lipinski definition) is 1. The van der Waals surface area contributed by atoms with Crippen LogP contribution in [0, 0.1) is 6.92 Å². The summed E-state index contributed by atoms with van der Waals surface area (Å²) in [5.74, 6) is 0.908. The molecule has 0 fully saturated rings. The fourth-order valence-corrected chi connectivity index (χ4v) is 1.82. The van der Waals surface area contributed by atoms with Gasteiger partial charge in [-0.15, -0.1) is 0 Å². The summed E-state index contributed by atoms with van der Waals surface area (Å²) >= 11 is 0. The lowest BCUT2D eigenvalue weighted by molar-refractivity contribution is 0.660. The summed E-state index contributed by atoms with van der Waals surface area (Å²) in [6.07, 6.45) is 6.54. The molecule has 0 aromatic carbocycles. The first kappa shape index (κ1) is 12.5. The van der Waals surface area contributed by atoms with Crippen LogP contribution < -0.4 is 5.32 Å². The molecule has 0 radical (unpaired) electrons. The average Bonchev–Trinajstić information content (AvgIpc) is 2.86. The van der Waals surface area contributed by atoms with Crippen molar-refractivity contribution in [1.82, 2.24) is 19.7 Å². The molecule has 18 heavy (non-hydrogen) atoms. The SMILES string of the molecule is CCCNc1ncnc(-c2cnn(CC)c2)c1C. The van der Waals surface area contributed by atoms with E-state index in [0.29, 0.717) is 0 Å².